The molecule has 1 aromatic rings. The van der Waals surface area contributed by atoms with Crippen molar-refractivity contribution in [3.05, 3.63) is 29.8 Å². The zero-order valence-corrected chi connectivity index (χ0v) is 8.06. The number of hydrogen-bond donors (Lipinski definition) is 3. The van der Waals surface area contributed by atoms with Crippen molar-refractivity contribution in [2.45, 2.75) is 6.42 Å². The lowest BCUT2D eigenvalue weighted by molar-refractivity contribution is -0.117. The number of rotatable bonds is 5. The summed E-state index contributed by atoms with van der Waals surface area (Å²) >= 11 is 0. The average molecular weight is 208 g/mol. The van der Waals surface area contributed by atoms with Gasteiger partial charge in [0.15, 0.2) is 0 Å². The van der Waals surface area contributed by atoms with E-state index < -0.39 is 11.9 Å². The van der Waals surface area contributed by atoms with Crippen molar-refractivity contribution in [3.8, 4) is 0 Å². The number of carboxylic acid groups (broad SMARTS) is 1. The topological polar surface area (TPSA) is 92.4 Å². The molecule has 0 heterocycles. The normalized spacial score (nSPS) is 9.60. The number of nitrogens with two attached hydrogens (primary N) is 1. The number of primary amides is 1. The molecule has 1 rings (SSSR count). The largest absolute Gasteiger partial charge is 0.478 e. The van der Waals surface area contributed by atoms with Crippen molar-refractivity contribution in [3.63, 3.8) is 0 Å². The van der Waals surface area contributed by atoms with Crippen molar-refractivity contribution in [2.75, 3.05) is 11.9 Å². The second-order valence-corrected chi connectivity index (χ2v) is 2.99. The number of carboxylic acids is 1. The molecule has 0 aliphatic rings. The zero-order valence-electron chi connectivity index (χ0n) is 8.06. The highest BCUT2D eigenvalue weighted by Gasteiger charge is 2.07. The molecule has 0 radical (unpaired) electrons. The number of carbonyl (C=O) groups is 2. The molecule has 1 aromatic carbocycles. The summed E-state index contributed by atoms with van der Waals surface area (Å²) in [5.74, 6) is -1.42. The van der Waals surface area contributed by atoms with Gasteiger partial charge < -0.3 is 16.2 Å². The SMILES string of the molecule is NC(=O)CCNc1ccccc1C(=O)O. The molecule has 0 bridgehead atoms. The first kappa shape index (κ1) is 11.0. The van der Waals surface area contributed by atoms with E-state index in [0.717, 1.165) is 0 Å². The molecule has 5 heteroatoms. The summed E-state index contributed by atoms with van der Waals surface area (Å²) in [4.78, 5) is 21.3. The number of para-hydroxylation sites is 1. The van der Waals surface area contributed by atoms with E-state index in [4.69, 9.17) is 10.8 Å². The molecule has 80 valence electrons. The molecule has 0 saturated heterocycles. The number of carbonyl (C=O) groups excluding carboxylic acids is 1. The Morgan fingerprint density at radius 1 is 1.33 bits per heavy atom. The minimum atomic E-state index is -1.00. The van der Waals surface area contributed by atoms with Crippen LogP contribution in [-0.4, -0.2) is 23.5 Å². The van der Waals surface area contributed by atoms with E-state index >= 15 is 0 Å². The summed E-state index contributed by atoms with van der Waals surface area (Å²) in [5, 5.41) is 11.7. The number of amides is 1. The van der Waals surface area contributed by atoms with Gasteiger partial charge in [0.25, 0.3) is 0 Å². The van der Waals surface area contributed by atoms with Gasteiger partial charge in [0, 0.05) is 18.7 Å². The monoisotopic (exact) mass is 208 g/mol. The summed E-state index contributed by atoms with van der Waals surface area (Å²) in [6.07, 6.45) is 0.175. The Balaban J connectivity index is 2.67. The van der Waals surface area contributed by atoms with Crippen LogP contribution in [0.4, 0.5) is 5.69 Å². The average Bonchev–Trinajstić information content (AvgIpc) is 2.17. The molecule has 0 spiro atoms. The molecule has 1 amide bonds. The van der Waals surface area contributed by atoms with Crippen molar-refractivity contribution < 1.29 is 14.7 Å². The Bertz CT molecular complexity index is 377. The molecule has 0 aromatic heterocycles. The lowest BCUT2D eigenvalue weighted by Crippen LogP contribution is -2.16. The number of hydrogen-bond acceptors (Lipinski definition) is 3. The molecule has 0 aliphatic carbocycles. The van der Waals surface area contributed by atoms with Crippen LogP contribution in [0.3, 0.4) is 0 Å². The Morgan fingerprint density at radius 2 is 2.00 bits per heavy atom. The van der Waals surface area contributed by atoms with Gasteiger partial charge in [0.1, 0.15) is 0 Å². The van der Waals surface area contributed by atoms with Crippen molar-refractivity contribution in [1.82, 2.24) is 0 Å². The molecular formula is C10H12N2O3. The van der Waals surface area contributed by atoms with Crippen LogP contribution in [0.1, 0.15) is 16.8 Å². The van der Waals surface area contributed by atoms with E-state index in [1.54, 1.807) is 18.2 Å². The first-order valence-electron chi connectivity index (χ1n) is 4.45. The molecule has 0 aliphatic heterocycles. The number of anilines is 1. The van der Waals surface area contributed by atoms with E-state index in [0.29, 0.717) is 12.2 Å². The first-order valence-corrected chi connectivity index (χ1v) is 4.45. The Labute approximate surface area is 86.9 Å². The molecular weight excluding hydrogens is 196 g/mol. The van der Waals surface area contributed by atoms with Crippen LogP contribution in [0.2, 0.25) is 0 Å². The van der Waals surface area contributed by atoms with Gasteiger partial charge in [0.05, 0.1) is 5.56 Å². The maximum absolute atomic E-state index is 10.8. The minimum absolute atomic E-state index is 0.175. The molecule has 0 unspecified atom stereocenters. The first-order chi connectivity index (χ1) is 7.11. The highest BCUT2D eigenvalue weighted by molar-refractivity contribution is 5.94. The smallest absolute Gasteiger partial charge is 0.337 e. The van der Waals surface area contributed by atoms with Gasteiger partial charge in [-0.3, -0.25) is 4.79 Å². The van der Waals surface area contributed by atoms with Gasteiger partial charge in [-0.25, -0.2) is 4.79 Å². The van der Waals surface area contributed by atoms with E-state index in [1.165, 1.54) is 6.07 Å². The molecule has 15 heavy (non-hydrogen) atoms. The van der Waals surface area contributed by atoms with Gasteiger partial charge >= 0.3 is 5.97 Å². The third kappa shape index (κ3) is 3.30. The zero-order chi connectivity index (χ0) is 11.3. The highest BCUT2D eigenvalue weighted by Crippen LogP contribution is 2.14. The van der Waals surface area contributed by atoms with Crippen LogP contribution < -0.4 is 11.1 Å². The third-order valence-corrected chi connectivity index (χ3v) is 1.84. The number of benzene rings is 1. The Kier molecular flexibility index (Phi) is 3.68. The van der Waals surface area contributed by atoms with Crippen LogP contribution in [-0.2, 0) is 4.79 Å². The van der Waals surface area contributed by atoms with Gasteiger partial charge in [-0.2, -0.15) is 0 Å². The van der Waals surface area contributed by atoms with Crippen molar-refractivity contribution in [2.24, 2.45) is 5.73 Å². The van der Waals surface area contributed by atoms with Gasteiger partial charge in [-0.15, -0.1) is 0 Å². The van der Waals surface area contributed by atoms with Crippen LogP contribution in [0, 0.1) is 0 Å². The van der Waals surface area contributed by atoms with E-state index in [9.17, 15) is 9.59 Å². The van der Waals surface area contributed by atoms with E-state index in [2.05, 4.69) is 5.32 Å². The van der Waals surface area contributed by atoms with Crippen LogP contribution in [0.5, 0.6) is 0 Å². The van der Waals surface area contributed by atoms with Gasteiger partial charge in [-0.1, -0.05) is 12.1 Å². The molecule has 0 fully saturated rings. The molecule has 4 N–H and O–H groups in total. The second kappa shape index (κ2) is 4.99. The van der Waals surface area contributed by atoms with Gasteiger partial charge in [0.2, 0.25) is 5.91 Å². The minimum Gasteiger partial charge on any atom is -0.478 e. The standard InChI is InChI=1S/C10H12N2O3/c11-9(13)5-6-12-8-4-2-1-3-7(8)10(14)15/h1-4,12H,5-6H2,(H2,11,13)(H,14,15). The number of nitrogens with one attached hydrogen (secondary N) is 1. The maximum atomic E-state index is 10.8. The predicted molar refractivity (Wildman–Crippen MR) is 55.7 cm³/mol. The fraction of sp³-hybridized carbons (Fsp3) is 0.200. The fourth-order valence-corrected chi connectivity index (χ4v) is 1.14. The molecule has 5 nitrogen and oxygen atoms in total. The summed E-state index contributed by atoms with van der Waals surface area (Å²) < 4.78 is 0. The summed E-state index contributed by atoms with van der Waals surface area (Å²) in [7, 11) is 0. The lowest BCUT2D eigenvalue weighted by Gasteiger charge is -2.07. The predicted octanol–water partition coefficient (Wildman–Crippen LogP) is 0.672. The summed E-state index contributed by atoms with van der Waals surface area (Å²) in [5.41, 5.74) is 5.63. The van der Waals surface area contributed by atoms with Crippen molar-refractivity contribution in [1.29, 1.82) is 0 Å². The van der Waals surface area contributed by atoms with Crippen LogP contribution in [0.15, 0.2) is 24.3 Å². The van der Waals surface area contributed by atoms with Crippen LogP contribution in [0.25, 0.3) is 0 Å². The Hall–Kier alpha value is -2.04. The highest BCUT2D eigenvalue weighted by atomic mass is 16.4. The van der Waals surface area contributed by atoms with E-state index in [-0.39, 0.29) is 12.0 Å². The molecule has 0 atom stereocenters. The summed E-state index contributed by atoms with van der Waals surface area (Å²) in [6.45, 7) is 0.333. The molecule has 0 saturated carbocycles. The second-order valence-electron chi connectivity index (χ2n) is 2.99. The fourth-order valence-electron chi connectivity index (χ4n) is 1.14. The van der Waals surface area contributed by atoms with Crippen molar-refractivity contribution >= 4 is 17.6 Å². The quantitative estimate of drug-likeness (QED) is 0.663. The summed E-state index contributed by atoms with van der Waals surface area (Å²) in [6, 6.07) is 6.50. The number of aromatic carboxylic acids is 1. The maximum Gasteiger partial charge on any atom is 0.337 e. The van der Waals surface area contributed by atoms with E-state index in [1.807, 2.05) is 0 Å². The lowest BCUT2D eigenvalue weighted by atomic mass is 10.2. The Morgan fingerprint density at radius 3 is 2.60 bits per heavy atom. The third-order valence-electron chi connectivity index (χ3n) is 1.84. The van der Waals surface area contributed by atoms with Gasteiger partial charge in [-0.05, 0) is 12.1 Å². The van der Waals surface area contributed by atoms with Crippen LogP contribution >= 0.6 is 0 Å².